The smallest absolute Gasteiger partial charge is 0.224 e. The number of hydrogen-bond acceptors (Lipinski definition) is 1. The molecule has 0 fully saturated rings. The molecule has 0 spiro atoms. The average Bonchev–Trinajstić information content (AvgIpc) is 2.24. The van der Waals surface area contributed by atoms with E-state index in [9.17, 15) is 13.6 Å². The Morgan fingerprint density at radius 3 is 2.75 bits per heavy atom. The van der Waals surface area contributed by atoms with Crippen molar-refractivity contribution in [2.75, 3.05) is 5.32 Å². The summed E-state index contributed by atoms with van der Waals surface area (Å²) in [5.41, 5.74) is -0.0958. The Morgan fingerprint density at radius 2 is 2.06 bits per heavy atom. The maximum Gasteiger partial charge on any atom is 0.224 e. The van der Waals surface area contributed by atoms with Crippen LogP contribution in [0.2, 0.25) is 0 Å². The third-order valence-electron chi connectivity index (χ3n) is 2.21. The maximum absolute atomic E-state index is 13.1. The third-order valence-corrected chi connectivity index (χ3v) is 2.21. The highest BCUT2D eigenvalue weighted by Crippen LogP contribution is 2.15. The summed E-state index contributed by atoms with van der Waals surface area (Å²) in [7, 11) is 0. The van der Waals surface area contributed by atoms with Gasteiger partial charge in [0.25, 0.3) is 0 Å². The second-order valence-corrected chi connectivity index (χ2v) is 3.63. The fraction of sp³-hybridized carbons (Fsp3) is 0.417. The van der Waals surface area contributed by atoms with Crippen molar-refractivity contribution in [3.8, 4) is 0 Å². The van der Waals surface area contributed by atoms with Crippen molar-refractivity contribution in [2.45, 2.75) is 32.6 Å². The molecule has 1 N–H and O–H groups in total. The van der Waals surface area contributed by atoms with Crippen LogP contribution >= 0.6 is 0 Å². The van der Waals surface area contributed by atoms with Crippen molar-refractivity contribution in [3.63, 3.8) is 0 Å². The van der Waals surface area contributed by atoms with Crippen molar-refractivity contribution in [1.29, 1.82) is 0 Å². The summed E-state index contributed by atoms with van der Waals surface area (Å²) in [6.45, 7) is 2.03. The van der Waals surface area contributed by atoms with Crippen LogP contribution in [0.25, 0.3) is 0 Å². The second kappa shape index (κ2) is 6.20. The largest absolute Gasteiger partial charge is 0.324 e. The highest BCUT2D eigenvalue weighted by Gasteiger charge is 2.07. The Labute approximate surface area is 93.7 Å². The summed E-state index contributed by atoms with van der Waals surface area (Å²) in [5, 5.41) is 2.36. The van der Waals surface area contributed by atoms with Crippen LogP contribution in [0.4, 0.5) is 14.5 Å². The molecular weight excluding hydrogens is 212 g/mol. The lowest BCUT2D eigenvalue weighted by molar-refractivity contribution is -0.116. The predicted octanol–water partition coefficient (Wildman–Crippen LogP) is 3.48. The minimum Gasteiger partial charge on any atom is -0.324 e. The topological polar surface area (TPSA) is 29.1 Å². The molecule has 0 saturated carbocycles. The number of hydrogen-bond donors (Lipinski definition) is 1. The van der Waals surface area contributed by atoms with E-state index in [1.54, 1.807) is 0 Å². The van der Waals surface area contributed by atoms with Crippen LogP contribution in [0.15, 0.2) is 18.2 Å². The molecule has 2 nitrogen and oxygen atoms in total. The van der Waals surface area contributed by atoms with Crippen LogP contribution in [0.1, 0.15) is 32.6 Å². The number of halogens is 2. The third kappa shape index (κ3) is 3.96. The van der Waals surface area contributed by atoms with E-state index in [1.807, 2.05) is 6.92 Å². The van der Waals surface area contributed by atoms with Gasteiger partial charge in [-0.15, -0.1) is 0 Å². The van der Waals surface area contributed by atoms with E-state index in [2.05, 4.69) is 5.32 Å². The monoisotopic (exact) mass is 227 g/mol. The van der Waals surface area contributed by atoms with Crippen LogP contribution in [0.5, 0.6) is 0 Å². The first-order valence-electron chi connectivity index (χ1n) is 5.38. The first kappa shape index (κ1) is 12.6. The van der Waals surface area contributed by atoms with Gasteiger partial charge in [0.2, 0.25) is 5.91 Å². The average molecular weight is 227 g/mol. The van der Waals surface area contributed by atoms with Crippen molar-refractivity contribution in [2.24, 2.45) is 0 Å². The van der Waals surface area contributed by atoms with E-state index in [0.717, 1.165) is 37.5 Å². The highest BCUT2D eigenvalue weighted by atomic mass is 19.1. The predicted molar refractivity (Wildman–Crippen MR) is 59.1 cm³/mol. The van der Waals surface area contributed by atoms with Crippen LogP contribution in [-0.2, 0) is 4.79 Å². The fourth-order valence-corrected chi connectivity index (χ4v) is 1.34. The molecule has 0 saturated heterocycles. The molecule has 0 aromatic heterocycles. The molecular formula is C12H15F2NO. The number of rotatable bonds is 5. The molecule has 0 atom stereocenters. The fourth-order valence-electron chi connectivity index (χ4n) is 1.34. The minimum atomic E-state index is -0.620. The summed E-state index contributed by atoms with van der Waals surface area (Å²) in [6, 6.07) is 2.99. The number of amides is 1. The molecule has 0 radical (unpaired) electrons. The van der Waals surface area contributed by atoms with Crippen LogP contribution < -0.4 is 5.32 Å². The van der Waals surface area contributed by atoms with Crippen molar-refractivity contribution >= 4 is 11.6 Å². The maximum atomic E-state index is 13.1. The summed E-state index contributed by atoms with van der Waals surface area (Å²) in [6.07, 6.45) is 3.07. The van der Waals surface area contributed by atoms with Gasteiger partial charge in [0.1, 0.15) is 11.6 Å². The molecule has 1 aromatic rings. The van der Waals surface area contributed by atoms with Gasteiger partial charge in [-0.25, -0.2) is 8.78 Å². The standard InChI is InChI=1S/C12H15F2NO/c1-2-3-4-5-12(16)15-11-8-9(13)6-7-10(11)14/h6-8H,2-5H2,1H3,(H,15,16). The molecule has 1 aromatic carbocycles. The number of carbonyl (C=O) groups excluding carboxylic acids is 1. The Bertz CT molecular complexity index is 366. The molecule has 16 heavy (non-hydrogen) atoms. The Balaban J connectivity index is 2.52. The lowest BCUT2D eigenvalue weighted by Gasteiger charge is -2.06. The zero-order valence-corrected chi connectivity index (χ0v) is 9.22. The number of carbonyl (C=O) groups is 1. The summed E-state index contributed by atoms with van der Waals surface area (Å²) >= 11 is 0. The zero-order valence-electron chi connectivity index (χ0n) is 9.22. The normalized spacial score (nSPS) is 10.2. The van der Waals surface area contributed by atoms with E-state index in [1.165, 1.54) is 0 Å². The van der Waals surface area contributed by atoms with Gasteiger partial charge < -0.3 is 5.32 Å². The lowest BCUT2D eigenvalue weighted by atomic mass is 10.2. The molecule has 0 aliphatic carbocycles. The van der Waals surface area contributed by atoms with Crippen LogP contribution in [-0.4, -0.2) is 5.91 Å². The van der Waals surface area contributed by atoms with E-state index in [4.69, 9.17) is 0 Å². The number of unbranched alkanes of at least 4 members (excludes halogenated alkanes) is 2. The second-order valence-electron chi connectivity index (χ2n) is 3.63. The summed E-state index contributed by atoms with van der Waals surface area (Å²) in [5.74, 6) is -1.46. The van der Waals surface area contributed by atoms with Gasteiger partial charge in [-0.1, -0.05) is 19.8 Å². The highest BCUT2D eigenvalue weighted by molar-refractivity contribution is 5.90. The molecule has 88 valence electrons. The molecule has 1 amide bonds. The van der Waals surface area contributed by atoms with Crippen molar-refractivity contribution < 1.29 is 13.6 Å². The molecule has 0 heterocycles. The van der Waals surface area contributed by atoms with E-state index < -0.39 is 11.6 Å². The van der Waals surface area contributed by atoms with Gasteiger partial charge >= 0.3 is 0 Å². The van der Waals surface area contributed by atoms with Gasteiger partial charge in [-0.05, 0) is 18.6 Å². The number of anilines is 1. The quantitative estimate of drug-likeness (QED) is 0.766. The van der Waals surface area contributed by atoms with E-state index in [-0.39, 0.29) is 11.6 Å². The van der Waals surface area contributed by atoms with Gasteiger partial charge in [-0.3, -0.25) is 4.79 Å². The number of nitrogens with one attached hydrogen (secondary N) is 1. The van der Waals surface area contributed by atoms with E-state index in [0.29, 0.717) is 6.42 Å². The van der Waals surface area contributed by atoms with Crippen LogP contribution in [0.3, 0.4) is 0 Å². The first-order valence-corrected chi connectivity index (χ1v) is 5.38. The van der Waals surface area contributed by atoms with Crippen molar-refractivity contribution in [1.82, 2.24) is 0 Å². The Kier molecular flexibility index (Phi) is 4.89. The van der Waals surface area contributed by atoms with Gasteiger partial charge in [0.15, 0.2) is 0 Å². The summed E-state index contributed by atoms with van der Waals surface area (Å²) < 4.78 is 25.9. The van der Waals surface area contributed by atoms with Gasteiger partial charge in [0.05, 0.1) is 5.69 Å². The van der Waals surface area contributed by atoms with Crippen LogP contribution in [0, 0.1) is 11.6 Å². The molecule has 1 rings (SSSR count). The number of benzene rings is 1. The molecule has 0 aliphatic heterocycles. The first-order chi connectivity index (χ1) is 7.63. The molecule has 0 unspecified atom stereocenters. The van der Waals surface area contributed by atoms with Gasteiger partial charge in [0, 0.05) is 12.5 Å². The Morgan fingerprint density at radius 1 is 1.31 bits per heavy atom. The zero-order chi connectivity index (χ0) is 12.0. The SMILES string of the molecule is CCCCCC(=O)Nc1cc(F)ccc1F. The summed E-state index contributed by atoms with van der Waals surface area (Å²) in [4.78, 5) is 11.4. The minimum absolute atomic E-state index is 0.0958. The Hall–Kier alpha value is -1.45. The molecule has 0 bridgehead atoms. The van der Waals surface area contributed by atoms with E-state index >= 15 is 0 Å². The molecule has 4 heteroatoms. The molecule has 0 aliphatic rings. The van der Waals surface area contributed by atoms with Gasteiger partial charge in [-0.2, -0.15) is 0 Å². The van der Waals surface area contributed by atoms with Crippen molar-refractivity contribution in [3.05, 3.63) is 29.8 Å². The lowest BCUT2D eigenvalue weighted by Crippen LogP contribution is -2.12.